The number of ether oxygens (including phenoxy) is 1. The molecule has 28 heavy (non-hydrogen) atoms. The first-order valence-electron chi connectivity index (χ1n) is 7.84. The number of aliphatic hydroxyl groups excluding tert-OH is 1. The number of nitro groups is 1. The van der Waals surface area contributed by atoms with Crippen LogP contribution in [0.5, 0.6) is 0 Å². The molecule has 0 aromatic heterocycles. The largest absolute Gasteiger partial charge is 0.509 e. The highest BCUT2D eigenvalue weighted by molar-refractivity contribution is 9.09. The molecule has 0 bridgehead atoms. The van der Waals surface area contributed by atoms with Crippen molar-refractivity contribution in [3.8, 4) is 0 Å². The number of rotatable bonds is 7. The van der Waals surface area contributed by atoms with E-state index in [1.807, 2.05) is 0 Å². The van der Waals surface area contributed by atoms with Crippen molar-refractivity contribution in [3.05, 3.63) is 51.4 Å². The van der Waals surface area contributed by atoms with Gasteiger partial charge < -0.3 is 15.2 Å². The fourth-order valence-corrected chi connectivity index (χ4v) is 3.12. The summed E-state index contributed by atoms with van der Waals surface area (Å²) in [5, 5.41) is 22.1. The van der Waals surface area contributed by atoms with E-state index in [1.54, 1.807) is 0 Å². The molecule has 2 N–H and O–H groups in total. The maximum atomic E-state index is 12.5. The Bertz CT molecular complexity index is 843. The Balaban J connectivity index is 2.12. The van der Waals surface area contributed by atoms with Gasteiger partial charge in [0.2, 0.25) is 5.91 Å². The van der Waals surface area contributed by atoms with Gasteiger partial charge in [-0.05, 0) is 17.7 Å². The molecule has 1 aromatic carbocycles. The number of esters is 1. The molecule has 0 saturated carbocycles. The fourth-order valence-electron chi connectivity index (χ4n) is 2.42. The van der Waals surface area contributed by atoms with Crippen molar-refractivity contribution >= 4 is 52.0 Å². The van der Waals surface area contributed by atoms with Crippen LogP contribution in [0.15, 0.2) is 35.7 Å². The number of benzene rings is 1. The zero-order valence-electron chi connectivity index (χ0n) is 14.5. The fraction of sp³-hybridized carbons (Fsp3) is 0.312. The van der Waals surface area contributed by atoms with E-state index >= 15 is 0 Å². The smallest absolute Gasteiger partial charge is 0.358 e. The standard InChI is InChI=1S/C16H16BrN3O7S/c1-8(21)18-12-14(23)19(15(12)28)13(11(22)6-17)16(24)27-7-9-2-4-10(5-3-9)20(25)26/h2-5,12,15,22,28H,6-7H2,1H3,(H,18,21). The number of likely N-dealkylation sites (tertiary alicyclic amines) is 1. The quantitative estimate of drug-likeness (QED) is 0.0794. The van der Waals surface area contributed by atoms with E-state index in [2.05, 4.69) is 33.9 Å². The molecule has 0 spiro atoms. The summed E-state index contributed by atoms with van der Waals surface area (Å²) in [7, 11) is 0. The second-order valence-corrected chi connectivity index (χ2v) is 6.82. The summed E-state index contributed by atoms with van der Waals surface area (Å²) in [6, 6.07) is 4.43. The van der Waals surface area contributed by atoms with Crippen LogP contribution in [0.2, 0.25) is 0 Å². The van der Waals surface area contributed by atoms with Gasteiger partial charge in [0.25, 0.3) is 11.6 Å². The highest BCUT2D eigenvalue weighted by Crippen LogP contribution is 2.30. The van der Waals surface area contributed by atoms with Crippen molar-refractivity contribution in [2.24, 2.45) is 0 Å². The summed E-state index contributed by atoms with van der Waals surface area (Å²) in [6.45, 7) is 1.01. The van der Waals surface area contributed by atoms with Crippen LogP contribution in [0.4, 0.5) is 5.69 Å². The normalized spacial score (nSPS) is 19.4. The summed E-state index contributed by atoms with van der Waals surface area (Å²) in [4.78, 5) is 46.9. The van der Waals surface area contributed by atoms with Crippen LogP contribution in [0, 0.1) is 10.1 Å². The van der Waals surface area contributed by atoms with Gasteiger partial charge in [0.1, 0.15) is 23.8 Å². The SMILES string of the molecule is CC(=O)NC1C(=O)N(C(C(=O)OCc2ccc([N+](=O)[O-])cc2)=C(O)CBr)C1S. The number of non-ortho nitro benzene ring substituents is 1. The summed E-state index contributed by atoms with van der Waals surface area (Å²) < 4.78 is 5.12. The third-order valence-corrected chi connectivity index (χ3v) is 4.84. The molecule has 0 aliphatic carbocycles. The third-order valence-electron chi connectivity index (χ3n) is 3.78. The minimum atomic E-state index is -0.982. The Hall–Kier alpha value is -2.60. The Morgan fingerprint density at radius 1 is 1.39 bits per heavy atom. The van der Waals surface area contributed by atoms with Gasteiger partial charge in [0.15, 0.2) is 5.70 Å². The summed E-state index contributed by atoms with van der Waals surface area (Å²) in [5.74, 6) is -2.48. The van der Waals surface area contributed by atoms with Crippen molar-refractivity contribution in [1.29, 1.82) is 0 Å². The topological polar surface area (TPSA) is 139 Å². The molecule has 1 heterocycles. The first-order valence-corrected chi connectivity index (χ1v) is 9.48. The average molecular weight is 474 g/mol. The number of nitrogens with zero attached hydrogens (tertiary/aromatic N) is 2. The lowest BCUT2D eigenvalue weighted by Crippen LogP contribution is -2.68. The number of hydrogen-bond donors (Lipinski definition) is 3. The first kappa shape index (κ1) is 21.7. The maximum absolute atomic E-state index is 12.5. The summed E-state index contributed by atoms with van der Waals surface area (Å²) in [6.07, 6.45) is 0. The van der Waals surface area contributed by atoms with Gasteiger partial charge in [-0.2, -0.15) is 12.6 Å². The summed E-state index contributed by atoms with van der Waals surface area (Å²) >= 11 is 7.21. The lowest BCUT2D eigenvalue weighted by molar-refractivity contribution is -0.384. The number of thiol groups is 1. The number of amides is 2. The Labute approximate surface area is 173 Å². The van der Waals surface area contributed by atoms with E-state index in [1.165, 1.54) is 31.2 Å². The van der Waals surface area contributed by atoms with Crippen LogP contribution >= 0.6 is 28.6 Å². The number of β-lactam (4-membered cyclic amide) rings is 1. The number of nitro benzene ring substituents is 1. The van der Waals surface area contributed by atoms with Crippen molar-refractivity contribution in [2.75, 3.05) is 5.33 Å². The lowest BCUT2D eigenvalue weighted by Gasteiger charge is -2.44. The maximum Gasteiger partial charge on any atom is 0.358 e. The predicted octanol–water partition coefficient (Wildman–Crippen LogP) is 1.41. The molecule has 1 aliphatic heterocycles. The number of nitrogens with one attached hydrogen (secondary N) is 1. The molecular formula is C16H16BrN3O7S. The molecule has 150 valence electrons. The molecule has 1 aliphatic rings. The first-order chi connectivity index (χ1) is 13.2. The Morgan fingerprint density at radius 3 is 2.46 bits per heavy atom. The van der Waals surface area contributed by atoms with Gasteiger partial charge in [-0.25, -0.2) is 4.79 Å². The van der Waals surface area contributed by atoms with Gasteiger partial charge in [0, 0.05) is 19.1 Å². The highest BCUT2D eigenvalue weighted by atomic mass is 79.9. The van der Waals surface area contributed by atoms with Crippen molar-refractivity contribution < 1.29 is 29.2 Å². The zero-order valence-corrected chi connectivity index (χ0v) is 17.0. The van der Waals surface area contributed by atoms with Crippen LogP contribution in [0.3, 0.4) is 0 Å². The van der Waals surface area contributed by atoms with Gasteiger partial charge >= 0.3 is 5.97 Å². The molecule has 1 saturated heterocycles. The molecule has 0 radical (unpaired) electrons. The monoisotopic (exact) mass is 473 g/mol. The van der Waals surface area contributed by atoms with E-state index in [9.17, 15) is 29.6 Å². The minimum Gasteiger partial charge on any atom is -0.509 e. The van der Waals surface area contributed by atoms with E-state index in [0.717, 1.165) is 4.90 Å². The highest BCUT2D eigenvalue weighted by Gasteiger charge is 2.50. The molecule has 12 heteroatoms. The lowest BCUT2D eigenvalue weighted by atomic mass is 10.1. The number of carbonyl (C=O) groups excluding carboxylic acids is 3. The zero-order chi connectivity index (χ0) is 21.0. The molecule has 2 amide bonds. The molecule has 2 rings (SSSR count). The number of carbonyl (C=O) groups is 3. The van der Waals surface area contributed by atoms with Gasteiger partial charge in [-0.15, -0.1) is 0 Å². The molecule has 1 aromatic rings. The number of halogens is 1. The van der Waals surface area contributed by atoms with Crippen molar-refractivity contribution in [1.82, 2.24) is 10.2 Å². The van der Waals surface area contributed by atoms with Gasteiger partial charge in [0.05, 0.1) is 10.3 Å². The number of alkyl halides is 1. The molecule has 2 unspecified atom stereocenters. The number of hydrogen-bond acceptors (Lipinski definition) is 8. The van der Waals surface area contributed by atoms with Crippen molar-refractivity contribution in [2.45, 2.75) is 24.9 Å². The summed E-state index contributed by atoms with van der Waals surface area (Å²) in [5.41, 5.74) is -0.0313. The molecule has 2 atom stereocenters. The van der Waals surface area contributed by atoms with E-state index in [0.29, 0.717) is 5.56 Å². The number of aliphatic hydroxyl groups is 1. The Morgan fingerprint density at radius 2 is 2.00 bits per heavy atom. The third kappa shape index (κ3) is 4.62. The van der Waals surface area contributed by atoms with E-state index in [-0.39, 0.29) is 17.6 Å². The second-order valence-electron chi connectivity index (χ2n) is 5.73. The molecule has 10 nitrogen and oxygen atoms in total. The Kier molecular flexibility index (Phi) is 7.02. The number of allylic oxidation sites excluding steroid dienone is 1. The van der Waals surface area contributed by atoms with Crippen LogP contribution in [-0.4, -0.2) is 49.5 Å². The molecule has 1 fully saturated rings. The average Bonchev–Trinajstić information content (AvgIpc) is 2.67. The minimum absolute atomic E-state index is 0.110. The van der Waals surface area contributed by atoms with Gasteiger partial charge in [-0.3, -0.25) is 24.6 Å². The van der Waals surface area contributed by atoms with E-state index in [4.69, 9.17) is 4.74 Å². The van der Waals surface area contributed by atoms with Gasteiger partial charge in [-0.1, -0.05) is 15.9 Å². The predicted molar refractivity (Wildman–Crippen MR) is 104 cm³/mol. The second kappa shape index (κ2) is 9.06. The van der Waals surface area contributed by atoms with Crippen LogP contribution in [-0.2, 0) is 25.7 Å². The van der Waals surface area contributed by atoms with Crippen LogP contribution in [0.1, 0.15) is 12.5 Å². The van der Waals surface area contributed by atoms with Crippen LogP contribution < -0.4 is 5.32 Å². The van der Waals surface area contributed by atoms with Crippen molar-refractivity contribution in [3.63, 3.8) is 0 Å². The van der Waals surface area contributed by atoms with E-state index < -0.39 is 45.6 Å². The molecular weight excluding hydrogens is 458 g/mol. The van der Waals surface area contributed by atoms with Crippen LogP contribution in [0.25, 0.3) is 0 Å².